The number of benzene rings is 1. The molecule has 2 aliphatic heterocycles. The minimum atomic E-state index is -0.209. The highest BCUT2D eigenvalue weighted by molar-refractivity contribution is 7.10. The van der Waals surface area contributed by atoms with E-state index in [2.05, 4.69) is 11.0 Å². The molecule has 1 aromatic heterocycles. The molecule has 2 aromatic rings. The van der Waals surface area contributed by atoms with E-state index in [0.717, 1.165) is 42.1 Å². The summed E-state index contributed by atoms with van der Waals surface area (Å²) in [5.41, 5.74) is 2.06. The number of carbonyl (C=O) groups is 2. The molecule has 4 nitrogen and oxygen atoms in total. The van der Waals surface area contributed by atoms with Crippen LogP contribution in [0.3, 0.4) is 0 Å². The van der Waals surface area contributed by atoms with E-state index in [9.17, 15) is 9.59 Å². The topological polar surface area (TPSA) is 40.6 Å². The zero-order valence-corrected chi connectivity index (χ0v) is 17.3. The van der Waals surface area contributed by atoms with Crippen molar-refractivity contribution in [2.24, 2.45) is 5.92 Å². The van der Waals surface area contributed by atoms with Crippen LogP contribution in [-0.4, -0.2) is 29.8 Å². The van der Waals surface area contributed by atoms with Crippen LogP contribution >= 0.6 is 11.3 Å². The third-order valence-corrected chi connectivity index (χ3v) is 6.92. The van der Waals surface area contributed by atoms with Crippen LogP contribution in [-0.2, 0) is 9.59 Å². The maximum Gasteiger partial charge on any atom is 0.228 e. The Morgan fingerprint density at radius 2 is 1.75 bits per heavy atom. The quantitative estimate of drug-likeness (QED) is 0.737. The van der Waals surface area contributed by atoms with E-state index in [-0.39, 0.29) is 23.8 Å². The second-order valence-electron chi connectivity index (χ2n) is 7.94. The largest absolute Gasteiger partial charge is 0.342 e. The predicted octanol–water partition coefficient (Wildman–Crippen LogP) is 4.94. The fourth-order valence-corrected chi connectivity index (χ4v) is 5.35. The van der Waals surface area contributed by atoms with Crippen LogP contribution in [0.2, 0.25) is 0 Å². The van der Waals surface area contributed by atoms with Crippen molar-refractivity contribution >= 4 is 28.8 Å². The Hall–Kier alpha value is -2.14. The SMILES string of the molecule is Cc1ccc(N2C(=O)CC[C@@H](C(=O)N3CCCCCC3)[C@H]2c2cccs2)cc1. The summed E-state index contributed by atoms with van der Waals surface area (Å²) in [7, 11) is 0. The van der Waals surface area contributed by atoms with Crippen molar-refractivity contribution in [3.05, 3.63) is 52.2 Å². The Bertz CT molecular complexity index is 808. The lowest BCUT2D eigenvalue weighted by Gasteiger charge is -2.41. The van der Waals surface area contributed by atoms with E-state index in [4.69, 9.17) is 0 Å². The van der Waals surface area contributed by atoms with Crippen LogP contribution in [0.25, 0.3) is 0 Å². The molecule has 4 rings (SSSR count). The monoisotopic (exact) mass is 396 g/mol. The molecule has 28 heavy (non-hydrogen) atoms. The summed E-state index contributed by atoms with van der Waals surface area (Å²) in [6.07, 6.45) is 5.65. The Kier molecular flexibility index (Phi) is 5.81. The highest BCUT2D eigenvalue weighted by Gasteiger charge is 2.43. The summed E-state index contributed by atoms with van der Waals surface area (Å²) < 4.78 is 0. The van der Waals surface area contributed by atoms with Gasteiger partial charge in [-0.3, -0.25) is 9.59 Å². The fourth-order valence-electron chi connectivity index (χ4n) is 4.47. The molecule has 5 heteroatoms. The second-order valence-corrected chi connectivity index (χ2v) is 8.92. The van der Waals surface area contributed by atoms with E-state index < -0.39 is 0 Å². The number of hydrogen-bond acceptors (Lipinski definition) is 3. The second kappa shape index (κ2) is 8.48. The maximum absolute atomic E-state index is 13.5. The smallest absolute Gasteiger partial charge is 0.228 e. The van der Waals surface area contributed by atoms with Gasteiger partial charge in [0.25, 0.3) is 0 Å². The van der Waals surface area contributed by atoms with Gasteiger partial charge in [-0.25, -0.2) is 0 Å². The summed E-state index contributed by atoms with van der Waals surface area (Å²) in [5.74, 6) is 0.169. The Morgan fingerprint density at radius 1 is 1.04 bits per heavy atom. The first kappa shape index (κ1) is 19.2. The summed E-state index contributed by atoms with van der Waals surface area (Å²) in [5, 5.41) is 2.04. The number of aryl methyl sites for hydroxylation is 1. The Morgan fingerprint density at radius 3 is 2.39 bits per heavy atom. The molecule has 3 heterocycles. The number of amides is 2. The summed E-state index contributed by atoms with van der Waals surface area (Å²) in [6, 6.07) is 12.0. The molecule has 0 spiro atoms. The summed E-state index contributed by atoms with van der Waals surface area (Å²) in [4.78, 5) is 31.6. The van der Waals surface area contributed by atoms with E-state index >= 15 is 0 Å². The molecule has 0 saturated carbocycles. The first-order chi connectivity index (χ1) is 13.6. The van der Waals surface area contributed by atoms with Crippen LogP contribution in [0.4, 0.5) is 5.69 Å². The minimum absolute atomic E-state index is 0.113. The van der Waals surface area contributed by atoms with Gasteiger partial charge < -0.3 is 9.80 Å². The lowest BCUT2D eigenvalue weighted by atomic mass is 9.85. The molecule has 2 fully saturated rings. The average Bonchev–Trinajstić information content (AvgIpc) is 3.10. The third-order valence-electron chi connectivity index (χ3n) is 5.98. The van der Waals surface area contributed by atoms with Gasteiger partial charge in [-0.15, -0.1) is 11.3 Å². The normalized spacial score (nSPS) is 23.5. The molecule has 0 unspecified atom stereocenters. The van der Waals surface area contributed by atoms with Gasteiger partial charge in [-0.1, -0.05) is 36.6 Å². The zero-order chi connectivity index (χ0) is 19.5. The number of carbonyl (C=O) groups excluding carboxylic acids is 2. The Balaban J connectivity index is 1.70. The molecule has 2 aliphatic rings. The molecule has 2 atom stereocenters. The number of nitrogens with zero attached hydrogens (tertiary/aromatic N) is 2. The van der Waals surface area contributed by atoms with Gasteiger partial charge in [0.2, 0.25) is 11.8 Å². The molecule has 1 aromatic carbocycles. The average molecular weight is 397 g/mol. The minimum Gasteiger partial charge on any atom is -0.342 e. The molecule has 0 bridgehead atoms. The first-order valence-corrected chi connectivity index (χ1v) is 11.2. The molecular weight excluding hydrogens is 368 g/mol. The predicted molar refractivity (Wildman–Crippen MR) is 113 cm³/mol. The van der Waals surface area contributed by atoms with Crippen molar-refractivity contribution in [3.8, 4) is 0 Å². The van der Waals surface area contributed by atoms with Crippen LogP contribution in [0.15, 0.2) is 41.8 Å². The van der Waals surface area contributed by atoms with Crippen molar-refractivity contribution < 1.29 is 9.59 Å². The fraction of sp³-hybridized carbons (Fsp3) is 0.478. The van der Waals surface area contributed by atoms with Gasteiger partial charge in [0, 0.05) is 30.1 Å². The highest BCUT2D eigenvalue weighted by atomic mass is 32.1. The number of likely N-dealkylation sites (tertiary alicyclic amines) is 1. The number of hydrogen-bond donors (Lipinski definition) is 0. The lowest BCUT2D eigenvalue weighted by molar-refractivity contribution is -0.138. The molecule has 0 radical (unpaired) electrons. The summed E-state index contributed by atoms with van der Waals surface area (Å²) >= 11 is 1.64. The summed E-state index contributed by atoms with van der Waals surface area (Å²) in [6.45, 7) is 3.75. The van der Waals surface area contributed by atoms with Crippen LogP contribution in [0.1, 0.15) is 55.0 Å². The molecular formula is C23H28N2O2S. The van der Waals surface area contributed by atoms with Gasteiger partial charge in [-0.05, 0) is 49.8 Å². The van der Waals surface area contributed by atoms with E-state index in [0.29, 0.717) is 12.8 Å². The first-order valence-electron chi connectivity index (χ1n) is 10.4. The molecule has 148 valence electrons. The van der Waals surface area contributed by atoms with Gasteiger partial charge in [0.15, 0.2) is 0 Å². The standard InChI is InChI=1S/C23H28N2O2S/c1-17-8-10-18(11-9-17)25-21(26)13-12-19(22(25)20-7-6-16-28-20)23(27)24-14-4-2-3-5-15-24/h6-11,16,19,22H,2-5,12-15H2,1H3/t19-,22+/m1/s1. The van der Waals surface area contributed by atoms with Crippen molar-refractivity contribution in [3.63, 3.8) is 0 Å². The van der Waals surface area contributed by atoms with Crippen molar-refractivity contribution in [2.45, 2.75) is 51.5 Å². The van der Waals surface area contributed by atoms with Gasteiger partial charge in [0.1, 0.15) is 0 Å². The lowest BCUT2D eigenvalue weighted by Crippen LogP contribution is -2.49. The highest BCUT2D eigenvalue weighted by Crippen LogP contribution is 2.42. The van der Waals surface area contributed by atoms with Crippen molar-refractivity contribution in [2.75, 3.05) is 18.0 Å². The molecule has 2 amide bonds. The molecule has 0 aliphatic carbocycles. The van der Waals surface area contributed by atoms with Crippen LogP contribution in [0.5, 0.6) is 0 Å². The maximum atomic E-state index is 13.5. The molecule has 0 N–H and O–H groups in total. The van der Waals surface area contributed by atoms with E-state index in [1.807, 2.05) is 47.5 Å². The van der Waals surface area contributed by atoms with E-state index in [1.165, 1.54) is 12.8 Å². The zero-order valence-electron chi connectivity index (χ0n) is 16.5. The number of anilines is 1. The number of thiophene rings is 1. The number of rotatable bonds is 3. The van der Waals surface area contributed by atoms with Crippen molar-refractivity contribution in [1.82, 2.24) is 4.90 Å². The molecule has 2 saturated heterocycles. The number of piperidine rings is 1. The third kappa shape index (κ3) is 3.86. The van der Waals surface area contributed by atoms with Crippen LogP contribution in [0, 0.1) is 12.8 Å². The van der Waals surface area contributed by atoms with E-state index in [1.54, 1.807) is 11.3 Å². The van der Waals surface area contributed by atoms with Gasteiger partial charge in [-0.2, -0.15) is 0 Å². The van der Waals surface area contributed by atoms with Crippen molar-refractivity contribution in [1.29, 1.82) is 0 Å². The van der Waals surface area contributed by atoms with Gasteiger partial charge >= 0.3 is 0 Å². The van der Waals surface area contributed by atoms with Gasteiger partial charge in [0.05, 0.1) is 12.0 Å². The Labute approximate surface area is 171 Å². The van der Waals surface area contributed by atoms with Crippen LogP contribution < -0.4 is 4.90 Å².